The highest BCUT2D eigenvalue weighted by Gasteiger charge is 2.14. The molecule has 1 aromatic carbocycles. The summed E-state index contributed by atoms with van der Waals surface area (Å²) in [7, 11) is -0.695. The zero-order valence-electron chi connectivity index (χ0n) is 15.0. The number of anilines is 4. The average Bonchev–Trinajstić information content (AvgIpc) is 2.64. The maximum atomic E-state index is 11.8. The van der Waals surface area contributed by atoms with Gasteiger partial charge < -0.3 is 10.2 Å². The third-order valence-electron chi connectivity index (χ3n) is 4.24. The van der Waals surface area contributed by atoms with Gasteiger partial charge in [-0.25, -0.2) is 0 Å². The Kier molecular flexibility index (Phi) is 5.58. The zero-order chi connectivity index (χ0) is 18.6. The van der Waals surface area contributed by atoms with Crippen LogP contribution in [-0.4, -0.2) is 50.1 Å². The lowest BCUT2D eigenvalue weighted by Crippen LogP contribution is -2.29. The summed E-state index contributed by atoms with van der Waals surface area (Å²) in [4.78, 5) is 2.40. The Balaban J connectivity index is 1.62. The second-order valence-corrected chi connectivity index (χ2v) is 8.30. The fraction of sp³-hybridized carbons (Fsp3) is 0.412. The van der Waals surface area contributed by atoms with Crippen LogP contribution in [0.15, 0.2) is 36.4 Å². The van der Waals surface area contributed by atoms with Crippen LogP contribution >= 0.6 is 0 Å². The maximum absolute atomic E-state index is 11.8. The minimum Gasteiger partial charge on any atom is -0.372 e. The quantitative estimate of drug-likeness (QED) is 0.805. The molecule has 1 fully saturated rings. The average molecular weight is 376 g/mol. The molecule has 140 valence electrons. The molecule has 1 aromatic heterocycles. The molecule has 8 nitrogen and oxygen atoms in total. The topological polar surface area (TPSA) is 90.5 Å². The molecule has 0 bridgehead atoms. The van der Waals surface area contributed by atoms with Crippen molar-refractivity contribution in [2.45, 2.75) is 19.3 Å². The van der Waals surface area contributed by atoms with Gasteiger partial charge in [0, 0.05) is 38.6 Å². The summed E-state index contributed by atoms with van der Waals surface area (Å²) in [5, 5.41) is 11.1. The predicted molar refractivity (Wildman–Crippen MR) is 104 cm³/mol. The number of rotatable bonds is 6. The van der Waals surface area contributed by atoms with Gasteiger partial charge in [-0.1, -0.05) is 0 Å². The molecular weight excluding hydrogens is 352 g/mol. The highest BCUT2D eigenvalue weighted by Crippen LogP contribution is 2.23. The van der Waals surface area contributed by atoms with Crippen molar-refractivity contribution in [2.24, 2.45) is 0 Å². The molecule has 1 saturated heterocycles. The molecule has 0 atom stereocenters. The van der Waals surface area contributed by atoms with Gasteiger partial charge in [-0.2, -0.15) is 12.7 Å². The first-order valence-electron chi connectivity index (χ1n) is 8.60. The van der Waals surface area contributed by atoms with Gasteiger partial charge in [0.2, 0.25) is 0 Å². The number of piperidine rings is 1. The zero-order valence-corrected chi connectivity index (χ0v) is 15.8. The van der Waals surface area contributed by atoms with Gasteiger partial charge >= 0.3 is 10.2 Å². The predicted octanol–water partition coefficient (Wildman–Crippen LogP) is 2.43. The summed E-state index contributed by atoms with van der Waals surface area (Å²) >= 11 is 0. The van der Waals surface area contributed by atoms with E-state index in [-0.39, 0.29) is 5.82 Å². The van der Waals surface area contributed by atoms with E-state index in [1.54, 1.807) is 12.1 Å². The Morgan fingerprint density at radius 2 is 1.54 bits per heavy atom. The minimum atomic E-state index is -3.58. The lowest BCUT2D eigenvalue weighted by Gasteiger charge is -2.28. The van der Waals surface area contributed by atoms with Crippen LogP contribution in [0.1, 0.15) is 19.3 Å². The van der Waals surface area contributed by atoms with E-state index in [0.717, 1.165) is 23.1 Å². The molecule has 0 radical (unpaired) electrons. The Bertz CT molecular complexity index is 815. The first-order valence-corrected chi connectivity index (χ1v) is 10.0. The van der Waals surface area contributed by atoms with Crippen LogP contribution in [0.2, 0.25) is 0 Å². The summed E-state index contributed by atoms with van der Waals surface area (Å²) in [5.74, 6) is 0.716. The highest BCUT2D eigenvalue weighted by atomic mass is 32.2. The molecular formula is C17H24N6O2S. The van der Waals surface area contributed by atoms with Gasteiger partial charge in [-0.05, 0) is 55.7 Å². The number of hydrogen-bond donors (Lipinski definition) is 2. The molecule has 9 heteroatoms. The van der Waals surface area contributed by atoms with Crippen molar-refractivity contribution in [1.29, 1.82) is 0 Å². The number of nitrogens with one attached hydrogen (secondary N) is 2. The molecule has 26 heavy (non-hydrogen) atoms. The molecule has 0 amide bonds. The van der Waals surface area contributed by atoms with E-state index < -0.39 is 10.2 Å². The van der Waals surface area contributed by atoms with Gasteiger partial charge in [0.25, 0.3) is 0 Å². The summed E-state index contributed by atoms with van der Waals surface area (Å²) < 4.78 is 26.9. The van der Waals surface area contributed by atoms with E-state index in [2.05, 4.69) is 37.3 Å². The normalized spacial score (nSPS) is 15.1. The van der Waals surface area contributed by atoms with Gasteiger partial charge in [-0.15, -0.1) is 10.2 Å². The standard InChI is InChI=1S/C17H24N6O2S/c1-22(2)26(24,25)21-17-11-10-16(19-20-17)18-14-6-8-15(9-7-14)23-12-4-3-5-13-23/h6-11H,3-5,12-13H2,1-2H3,(H,18,19)(H,20,21). The summed E-state index contributed by atoms with van der Waals surface area (Å²) in [5.41, 5.74) is 2.14. The first kappa shape index (κ1) is 18.4. The van der Waals surface area contributed by atoms with E-state index in [4.69, 9.17) is 0 Å². The third-order valence-corrected chi connectivity index (χ3v) is 5.67. The molecule has 1 aliphatic heterocycles. The van der Waals surface area contributed by atoms with Crippen molar-refractivity contribution in [2.75, 3.05) is 42.1 Å². The number of benzene rings is 1. The molecule has 0 aliphatic carbocycles. The second kappa shape index (κ2) is 7.88. The van der Waals surface area contributed by atoms with Crippen LogP contribution < -0.4 is 14.9 Å². The summed E-state index contributed by atoms with van der Waals surface area (Å²) in [6, 6.07) is 11.5. The van der Waals surface area contributed by atoms with Crippen molar-refractivity contribution in [3.8, 4) is 0 Å². The number of aromatic nitrogens is 2. The largest absolute Gasteiger partial charge is 0.372 e. The molecule has 2 heterocycles. The van der Waals surface area contributed by atoms with Crippen LogP contribution in [0.25, 0.3) is 0 Å². The summed E-state index contributed by atoms with van der Waals surface area (Å²) in [6.07, 6.45) is 3.81. The van der Waals surface area contributed by atoms with Gasteiger partial charge in [0.15, 0.2) is 11.6 Å². The molecule has 1 aliphatic rings. The van der Waals surface area contributed by atoms with E-state index in [0.29, 0.717) is 5.82 Å². The molecule has 0 spiro atoms. The molecule has 3 rings (SSSR count). The van der Waals surface area contributed by atoms with Crippen molar-refractivity contribution in [1.82, 2.24) is 14.5 Å². The first-order chi connectivity index (χ1) is 12.4. The van der Waals surface area contributed by atoms with Crippen LogP contribution in [-0.2, 0) is 10.2 Å². The van der Waals surface area contributed by atoms with E-state index >= 15 is 0 Å². The minimum absolute atomic E-state index is 0.171. The Hall–Kier alpha value is -2.39. The second-order valence-electron chi connectivity index (χ2n) is 6.41. The SMILES string of the molecule is CN(C)S(=O)(=O)Nc1ccc(Nc2ccc(N3CCCCC3)cc2)nn1. The lowest BCUT2D eigenvalue weighted by atomic mass is 10.1. The van der Waals surface area contributed by atoms with Crippen LogP contribution in [0.5, 0.6) is 0 Å². The number of nitrogens with zero attached hydrogens (tertiary/aromatic N) is 4. The highest BCUT2D eigenvalue weighted by molar-refractivity contribution is 7.90. The maximum Gasteiger partial charge on any atom is 0.302 e. The summed E-state index contributed by atoms with van der Waals surface area (Å²) in [6.45, 7) is 2.23. The van der Waals surface area contributed by atoms with Crippen molar-refractivity contribution in [3.63, 3.8) is 0 Å². The van der Waals surface area contributed by atoms with Gasteiger partial charge in [0.05, 0.1) is 0 Å². The van der Waals surface area contributed by atoms with Crippen LogP contribution in [0.3, 0.4) is 0 Å². The fourth-order valence-corrected chi connectivity index (χ4v) is 3.29. The van der Waals surface area contributed by atoms with Crippen molar-refractivity contribution >= 4 is 33.2 Å². The van der Waals surface area contributed by atoms with E-state index in [1.165, 1.54) is 39.0 Å². The number of hydrogen-bond acceptors (Lipinski definition) is 6. The Morgan fingerprint density at radius 3 is 2.12 bits per heavy atom. The molecule has 0 unspecified atom stereocenters. The van der Waals surface area contributed by atoms with Gasteiger partial charge in [-0.3, -0.25) is 4.72 Å². The van der Waals surface area contributed by atoms with E-state index in [9.17, 15) is 8.42 Å². The van der Waals surface area contributed by atoms with Crippen molar-refractivity contribution < 1.29 is 8.42 Å². The Morgan fingerprint density at radius 1 is 0.923 bits per heavy atom. The molecule has 2 N–H and O–H groups in total. The molecule has 0 saturated carbocycles. The van der Waals surface area contributed by atoms with E-state index in [1.807, 2.05) is 12.1 Å². The lowest BCUT2D eigenvalue weighted by molar-refractivity contribution is 0.526. The monoisotopic (exact) mass is 376 g/mol. The van der Waals surface area contributed by atoms with Crippen LogP contribution in [0.4, 0.5) is 23.0 Å². The Labute approximate surface area is 154 Å². The smallest absolute Gasteiger partial charge is 0.302 e. The molecule has 2 aromatic rings. The fourth-order valence-electron chi connectivity index (χ4n) is 2.73. The van der Waals surface area contributed by atoms with Crippen LogP contribution in [0, 0.1) is 0 Å². The van der Waals surface area contributed by atoms with Crippen molar-refractivity contribution in [3.05, 3.63) is 36.4 Å². The van der Waals surface area contributed by atoms with Gasteiger partial charge in [0.1, 0.15) is 0 Å². The third kappa shape index (κ3) is 4.61.